The number of esters is 1. The van der Waals surface area contributed by atoms with Gasteiger partial charge in [0.25, 0.3) is 0 Å². The van der Waals surface area contributed by atoms with E-state index in [2.05, 4.69) is 5.73 Å². The predicted octanol–water partition coefficient (Wildman–Crippen LogP) is 0.493. The Balaban J connectivity index is 2.24. The van der Waals surface area contributed by atoms with E-state index in [1.54, 1.807) is 6.92 Å². The van der Waals surface area contributed by atoms with Gasteiger partial charge in [-0.3, -0.25) is 0 Å². The average molecular weight is 172 g/mol. The summed E-state index contributed by atoms with van der Waals surface area (Å²) in [7, 11) is 0. The van der Waals surface area contributed by atoms with Gasteiger partial charge in [-0.1, -0.05) is 6.42 Å². The van der Waals surface area contributed by atoms with Gasteiger partial charge in [-0.15, -0.1) is 0 Å². The average Bonchev–Trinajstić information content (AvgIpc) is 2.06. The molecule has 3 nitrogen and oxygen atoms in total. The minimum absolute atomic E-state index is 0.151. The van der Waals surface area contributed by atoms with Crippen molar-refractivity contribution < 1.29 is 15.3 Å². The predicted molar refractivity (Wildman–Crippen MR) is 45.3 cm³/mol. The van der Waals surface area contributed by atoms with Crippen molar-refractivity contribution in [3.8, 4) is 0 Å². The maximum Gasteiger partial charge on any atom is 0.364 e. The first-order chi connectivity index (χ1) is 5.70. The number of hydrogen-bond donors (Lipinski definition) is 1. The van der Waals surface area contributed by atoms with Gasteiger partial charge >= 0.3 is 5.97 Å². The molecular formula is C9H18NO2+. The van der Waals surface area contributed by atoms with Crippen molar-refractivity contribution >= 4 is 5.97 Å². The number of carbonyl (C=O) groups excluding carboxylic acids is 1. The van der Waals surface area contributed by atoms with Crippen LogP contribution in [-0.2, 0) is 9.53 Å². The number of rotatable bonds is 2. The van der Waals surface area contributed by atoms with Crippen LogP contribution in [0.2, 0.25) is 0 Å². The van der Waals surface area contributed by atoms with E-state index in [1.807, 2.05) is 0 Å². The fraction of sp³-hybridized carbons (Fsp3) is 0.889. The van der Waals surface area contributed by atoms with Gasteiger partial charge in [0.15, 0.2) is 6.04 Å². The van der Waals surface area contributed by atoms with Crippen molar-refractivity contribution in [3.63, 3.8) is 0 Å². The van der Waals surface area contributed by atoms with Gasteiger partial charge in [-0.2, -0.15) is 0 Å². The lowest BCUT2D eigenvalue weighted by Crippen LogP contribution is -2.63. The van der Waals surface area contributed by atoms with Gasteiger partial charge in [0.1, 0.15) is 6.10 Å². The van der Waals surface area contributed by atoms with E-state index in [0.717, 1.165) is 12.8 Å². The van der Waals surface area contributed by atoms with Crippen molar-refractivity contribution in [3.05, 3.63) is 0 Å². The molecule has 0 aromatic carbocycles. The highest BCUT2D eigenvalue weighted by molar-refractivity contribution is 5.73. The van der Waals surface area contributed by atoms with E-state index in [0.29, 0.717) is 0 Å². The van der Waals surface area contributed by atoms with Crippen LogP contribution in [0, 0.1) is 0 Å². The molecule has 3 heteroatoms. The van der Waals surface area contributed by atoms with Gasteiger partial charge in [-0.05, 0) is 32.6 Å². The molecule has 1 aliphatic rings. The molecule has 0 heterocycles. The summed E-state index contributed by atoms with van der Waals surface area (Å²) in [6.45, 7) is 1.77. The number of quaternary nitrogens is 1. The van der Waals surface area contributed by atoms with E-state index in [-0.39, 0.29) is 18.1 Å². The van der Waals surface area contributed by atoms with Gasteiger partial charge < -0.3 is 10.5 Å². The fourth-order valence-electron chi connectivity index (χ4n) is 1.46. The first-order valence-corrected chi connectivity index (χ1v) is 4.73. The van der Waals surface area contributed by atoms with Crippen LogP contribution in [0.25, 0.3) is 0 Å². The van der Waals surface area contributed by atoms with Gasteiger partial charge in [0.2, 0.25) is 0 Å². The Labute approximate surface area is 73.3 Å². The summed E-state index contributed by atoms with van der Waals surface area (Å²) in [5.74, 6) is -0.151. The second-order valence-corrected chi connectivity index (χ2v) is 3.60. The third kappa shape index (κ3) is 2.81. The zero-order chi connectivity index (χ0) is 8.97. The molecule has 0 aliphatic heterocycles. The first kappa shape index (κ1) is 9.52. The molecule has 12 heavy (non-hydrogen) atoms. The van der Waals surface area contributed by atoms with Crippen molar-refractivity contribution in [2.24, 2.45) is 0 Å². The third-order valence-corrected chi connectivity index (χ3v) is 2.24. The van der Waals surface area contributed by atoms with Gasteiger partial charge in [0.05, 0.1) is 0 Å². The van der Waals surface area contributed by atoms with Gasteiger partial charge in [0, 0.05) is 0 Å². The maximum absolute atomic E-state index is 11.1. The summed E-state index contributed by atoms with van der Waals surface area (Å²) in [5.41, 5.74) is 3.63. The molecule has 0 aromatic heterocycles. The molecule has 1 saturated carbocycles. The molecule has 0 saturated heterocycles. The summed E-state index contributed by atoms with van der Waals surface area (Å²) >= 11 is 0. The Morgan fingerprint density at radius 2 is 2.00 bits per heavy atom. The van der Waals surface area contributed by atoms with Crippen LogP contribution >= 0.6 is 0 Å². The lowest BCUT2D eigenvalue weighted by molar-refractivity contribution is -0.403. The van der Waals surface area contributed by atoms with Crippen molar-refractivity contribution in [2.75, 3.05) is 0 Å². The molecule has 1 atom stereocenters. The lowest BCUT2D eigenvalue weighted by atomic mass is 9.98. The van der Waals surface area contributed by atoms with E-state index < -0.39 is 0 Å². The molecule has 0 aromatic rings. The van der Waals surface area contributed by atoms with Crippen molar-refractivity contribution in [1.82, 2.24) is 0 Å². The molecule has 0 unspecified atom stereocenters. The Morgan fingerprint density at radius 3 is 2.50 bits per heavy atom. The molecule has 70 valence electrons. The van der Waals surface area contributed by atoms with Crippen LogP contribution in [0.5, 0.6) is 0 Å². The minimum Gasteiger partial charge on any atom is -0.458 e. The van der Waals surface area contributed by atoms with E-state index >= 15 is 0 Å². The maximum atomic E-state index is 11.1. The highest BCUT2D eigenvalue weighted by Crippen LogP contribution is 2.20. The van der Waals surface area contributed by atoms with Crippen LogP contribution in [0.1, 0.15) is 39.0 Å². The quantitative estimate of drug-likeness (QED) is 0.616. The Hall–Kier alpha value is -0.570. The second kappa shape index (κ2) is 4.45. The normalized spacial score (nSPS) is 21.8. The first-order valence-electron chi connectivity index (χ1n) is 4.73. The largest absolute Gasteiger partial charge is 0.458 e. The summed E-state index contributed by atoms with van der Waals surface area (Å²) in [5, 5.41) is 0. The van der Waals surface area contributed by atoms with Crippen molar-refractivity contribution in [2.45, 2.75) is 51.2 Å². The SMILES string of the molecule is C[C@H]([NH3+])C(=O)OC1CCCCC1. The molecule has 1 fully saturated rings. The lowest BCUT2D eigenvalue weighted by Gasteiger charge is -2.21. The molecule has 1 aliphatic carbocycles. The summed E-state index contributed by atoms with van der Waals surface area (Å²) in [6.07, 6.45) is 5.94. The summed E-state index contributed by atoms with van der Waals surface area (Å²) in [4.78, 5) is 11.1. The molecule has 0 amide bonds. The topological polar surface area (TPSA) is 53.9 Å². The molecule has 0 spiro atoms. The Kier molecular flexibility index (Phi) is 3.53. The molecule has 0 radical (unpaired) electrons. The zero-order valence-electron chi connectivity index (χ0n) is 7.71. The monoisotopic (exact) mass is 172 g/mol. The number of carbonyl (C=O) groups is 1. The third-order valence-electron chi connectivity index (χ3n) is 2.24. The Morgan fingerprint density at radius 1 is 1.42 bits per heavy atom. The molecular weight excluding hydrogens is 154 g/mol. The smallest absolute Gasteiger partial charge is 0.364 e. The molecule has 3 N–H and O–H groups in total. The van der Waals surface area contributed by atoms with Crippen molar-refractivity contribution in [1.29, 1.82) is 0 Å². The van der Waals surface area contributed by atoms with Gasteiger partial charge in [-0.25, -0.2) is 4.79 Å². The Bertz CT molecular complexity index is 151. The highest BCUT2D eigenvalue weighted by Gasteiger charge is 2.20. The molecule has 0 bridgehead atoms. The van der Waals surface area contributed by atoms with E-state index in [1.165, 1.54) is 19.3 Å². The minimum atomic E-state index is -0.230. The van der Waals surface area contributed by atoms with E-state index in [9.17, 15) is 4.79 Å². The number of hydrogen-bond acceptors (Lipinski definition) is 2. The van der Waals surface area contributed by atoms with Crippen LogP contribution in [0.4, 0.5) is 0 Å². The second-order valence-electron chi connectivity index (χ2n) is 3.60. The number of ether oxygens (including phenoxy) is 1. The fourth-order valence-corrected chi connectivity index (χ4v) is 1.46. The van der Waals surface area contributed by atoms with E-state index in [4.69, 9.17) is 4.74 Å². The summed E-state index contributed by atoms with van der Waals surface area (Å²) in [6, 6.07) is -0.230. The highest BCUT2D eigenvalue weighted by atomic mass is 16.5. The summed E-state index contributed by atoms with van der Waals surface area (Å²) < 4.78 is 5.25. The zero-order valence-corrected chi connectivity index (χ0v) is 7.71. The van der Waals surface area contributed by atoms with Crippen LogP contribution in [-0.4, -0.2) is 18.1 Å². The van der Waals surface area contributed by atoms with Crippen LogP contribution in [0.15, 0.2) is 0 Å². The van der Waals surface area contributed by atoms with Crippen LogP contribution in [0.3, 0.4) is 0 Å². The molecule has 1 rings (SSSR count). The standard InChI is InChI=1S/C9H17NO2/c1-7(10)9(11)12-8-5-3-2-4-6-8/h7-8H,2-6,10H2,1H3/p+1/t7-/m0/s1. The van der Waals surface area contributed by atoms with Crippen LogP contribution < -0.4 is 5.73 Å².